The highest BCUT2D eigenvalue weighted by Crippen LogP contribution is 2.17. The van der Waals surface area contributed by atoms with E-state index in [2.05, 4.69) is 24.4 Å². The molecule has 0 radical (unpaired) electrons. The molecule has 0 fully saturated rings. The lowest BCUT2D eigenvalue weighted by molar-refractivity contribution is -0.114. The van der Waals surface area contributed by atoms with Gasteiger partial charge >= 0.3 is 0 Å². The van der Waals surface area contributed by atoms with Crippen molar-refractivity contribution in [2.45, 2.75) is 20.5 Å². The molecule has 0 saturated carbocycles. The van der Waals surface area contributed by atoms with Crippen molar-refractivity contribution in [3.63, 3.8) is 0 Å². The topological polar surface area (TPSA) is 38.3 Å². The smallest absolute Gasteiger partial charge is 0.221 e. The summed E-state index contributed by atoms with van der Waals surface area (Å²) in [4.78, 5) is 10.9. The first kappa shape index (κ1) is 13.1. The van der Waals surface area contributed by atoms with Crippen LogP contribution in [0.2, 0.25) is 0 Å². The zero-order chi connectivity index (χ0) is 13.7. The average Bonchev–Trinajstić information content (AvgIpc) is 2.39. The molecule has 2 rings (SSSR count). The normalized spacial score (nSPS) is 10.0. The molecule has 98 valence electrons. The Morgan fingerprint density at radius 2 is 1.79 bits per heavy atom. The minimum atomic E-state index is -0.0754. The van der Waals surface area contributed by atoms with Crippen LogP contribution in [-0.2, 0) is 11.4 Å². The van der Waals surface area contributed by atoms with Gasteiger partial charge < -0.3 is 10.1 Å². The Balaban J connectivity index is 1.97. The Labute approximate surface area is 113 Å². The van der Waals surface area contributed by atoms with Crippen LogP contribution in [0.1, 0.15) is 18.1 Å². The number of benzene rings is 2. The number of anilines is 1. The first-order valence-electron chi connectivity index (χ1n) is 6.20. The first-order chi connectivity index (χ1) is 9.15. The largest absolute Gasteiger partial charge is 0.489 e. The summed E-state index contributed by atoms with van der Waals surface area (Å²) in [6.45, 7) is 4.10. The molecular weight excluding hydrogens is 238 g/mol. The molecule has 0 heterocycles. The highest BCUT2D eigenvalue weighted by molar-refractivity contribution is 5.88. The molecule has 0 aromatic heterocycles. The van der Waals surface area contributed by atoms with Crippen molar-refractivity contribution in [3.05, 3.63) is 59.7 Å². The van der Waals surface area contributed by atoms with Crippen LogP contribution in [0.4, 0.5) is 5.69 Å². The summed E-state index contributed by atoms with van der Waals surface area (Å²) < 4.78 is 5.72. The molecule has 0 atom stereocenters. The zero-order valence-electron chi connectivity index (χ0n) is 11.1. The average molecular weight is 255 g/mol. The SMILES string of the molecule is CC(=O)Nc1ccc(OCc2ccccc2C)cc1. The summed E-state index contributed by atoms with van der Waals surface area (Å²) in [6.07, 6.45) is 0. The van der Waals surface area contributed by atoms with Crippen LogP contribution in [0.5, 0.6) is 5.75 Å². The van der Waals surface area contributed by atoms with E-state index in [4.69, 9.17) is 4.74 Å². The molecule has 2 aromatic rings. The minimum Gasteiger partial charge on any atom is -0.489 e. The molecule has 0 aliphatic rings. The predicted octanol–water partition coefficient (Wildman–Crippen LogP) is 3.53. The quantitative estimate of drug-likeness (QED) is 0.907. The summed E-state index contributed by atoms with van der Waals surface area (Å²) in [7, 11) is 0. The first-order valence-corrected chi connectivity index (χ1v) is 6.20. The lowest BCUT2D eigenvalue weighted by atomic mass is 10.1. The predicted molar refractivity (Wildman–Crippen MR) is 76.3 cm³/mol. The second-order valence-electron chi connectivity index (χ2n) is 4.42. The van der Waals surface area contributed by atoms with E-state index < -0.39 is 0 Å². The van der Waals surface area contributed by atoms with Crippen molar-refractivity contribution in [2.24, 2.45) is 0 Å². The monoisotopic (exact) mass is 255 g/mol. The van der Waals surface area contributed by atoms with E-state index in [0.717, 1.165) is 11.4 Å². The number of amides is 1. The third-order valence-electron chi connectivity index (χ3n) is 2.83. The van der Waals surface area contributed by atoms with E-state index in [1.807, 2.05) is 36.4 Å². The van der Waals surface area contributed by atoms with Crippen LogP contribution < -0.4 is 10.1 Å². The van der Waals surface area contributed by atoms with Crippen molar-refractivity contribution >= 4 is 11.6 Å². The maximum absolute atomic E-state index is 10.9. The highest BCUT2D eigenvalue weighted by Gasteiger charge is 2.00. The van der Waals surface area contributed by atoms with Gasteiger partial charge in [-0.1, -0.05) is 24.3 Å². The fourth-order valence-corrected chi connectivity index (χ4v) is 1.77. The summed E-state index contributed by atoms with van der Waals surface area (Å²) in [5.41, 5.74) is 3.17. The van der Waals surface area contributed by atoms with E-state index in [0.29, 0.717) is 6.61 Å². The lowest BCUT2D eigenvalue weighted by Crippen LogP contribution is -2.05. The molecule has 0 spiro atoms. The van der Waals surface area contributed by atoms with Crippen LogP contribution in [0, 0.1) is 6.92 Å². The van der Waals surface area contributed by atoms with Crippen molar-refractivity contribution in [3.8, 4) is 5.75 Å². The van der Waals surface area contributed by atoms with E-state index in [9.17, 15) is 4.79 Å². The highest BCUT2D eigenvalue weighted by atomic mass is 16.5. The number of ether oxygens (including phenoxy) is 1. The van der Waals surface area contributed by atoms with Gasteiger partial charge in [0.1, 0.15) is 12.4 Å². The Bertz CT molecular complexity index is 561. The second kappa shape index (κ2) is 6.05. The van der Waals surface area contributed by atoms with Crippen LogP contribution >= 0.6 is 0 Å². The number of carbonyl (C=O) groups excluding carboxylic acids is 1. The van der Waals surface area contributed by atoms with Gasteiger partial charge in [-0.2, -0.15) is 0 Å². The van der Waals surface area contributed by atoms with Gasteiger partial charge in [0.05, 0.1) is 0 Å². The molecule has 1 N–H and O–H groups in total. The summed E-state index contributed by atoms with van der Waals surface area (Å²) in [6, 6.07) is 15.5. The maximum atomic E-state index is 10.9. The lowest BCUT2D eigenvalue weighted by Gasteiger charge is -2.09. The Morgan fingerprint density at radius 1 is 1.11 bits per heavy atom. The van der Waals surface area contributed by atoms with Gasteiger partial charge in [-0.05, 0) is 42.3 Å². The molecule has 0 aliphatic carbocycles. The third kappa shape index (κ3) is 3.85. The Hall–Kier alpha value is -2.29. The van der Waals surface area contributed by atoms with Gasteiger partial charge in [-0.3, -0.25) is 4.79 Å². The molecule has 2 aromatic carbocycles. The molecule has 0 bridgehead atoms. The van der Waals surface area contributed by atoms with Gasteiger partial charge in [-0.15, -0.1) is 0 Å². The minimum absolute atomic E-state index is 0.0754. The van der Waals surface area contributed by atoms with Crippen LogP contribution in [0.25, 0.3) is 0 Å². The maximum Gasteiger partial charge on any atom is 0.221 e. The van der Waals surface area contributed by atoms with E-state index in [-0.39, 0.29) is 5.91 Å². The van der Waals surface area contributed by atoms with Crippen LogP contribution in [0.3, 0.4) is 0 Å². The number of hydrogen-bond acceptors (Lipinski definition) is 2. The molecule has 3 nitrogen and oxygen atoms in total. The second-order valence-corrected chi connectivity index (χ2v) is 4.42. The molecule has 1 amide bonds. The van der Waals surface area contributed by atoms with Crippen molar-refractivity contribution in [2.75, 3.05) is 5.32 Å². The summed E-state index contributed by atoms with van der Waals surface area (Å²) in [5.74, 6) is 0.714. The van der Waals surface area contributed by atoms with Crippen molar-refractivity contribution in [1.82, 2.24) is 0 Å². The molecule has 0 saturated heterocycles. The Morgan fingerprint density at radius 3 is 2.42 bits per heavy atom. The van der Waals surface area contributed by atoms with Crippen molar-refractivity contribution < 1.29 is 9.53 Å². The van der Waals surface area contributed by atoms with Gasteiger partial charge in [0, 0.05) is 12.6 Å². The van der Waals surface area contributed by atoms with Crippen LogP contribution in [0.15, 0.2) is 48.5 Å². The van der Waals surface area contributed by atoms with Crippen LogP contribution in [-0.4, -0.2) is 5.91 Å². The standard InChI is InChI=1S/C16H17NO2/c1-12-5-3-4-6-14(12)11-19-16-9-7-15(8-10-16)17-13(2)18/h3-10H,11H2,1-2H3,(H,17,18). The molecule has 0 aliphatic heterocycles. The van der Waals surface area contributed by atoms with E-state index in [1.165, 1.54) is 18.1 Å². The van der Waals surface area contributed by atoms with Gasteiger partial charge in [0.2, 0.25) is 5.91 Å². The van der Waals surface area contributed by atoms with Crippen molar-refractivity contribution in [1.29, 1.82) is 0 Å². The molecular formula is C16H17NO2. The molecule has 19 heavy (non-hydrogen) atoms. The zero-order valence-corrected chi connectivity index (χ0v) is 11.1. The number of nitrogens with one attached hydrogen (secondary N) is 1. The van der Waals surface area contributed by atoms with Gasteiger partial charge in [-0.25, -0.2) is 0 Å². The molecule has 0 unspecified atom stereocenters. The fourth-order valence-electron chi connectivity index (χ4n) is 1.77. The third-order valence-corrected chi connectivity index (χ3v) is 2.83. The summed E-state index contributed by atoms with van der Waals surface area (Å²) >= 11 is 0. The summed E-state index contributed by atoms with van der Waals surface area (Å²) in [5, 5.41) is 2.72. The number of rotatable bonds is 4. The number of aryl methyl sites for hydroxylation is 1. The van der Waals surface area contributed by atoms with Gasteiger partial charge in [0.25, 0.3) is 0 Å². The van der Waals surface area contributed by atoms with Gasteiger partial charge in [0.15, 0.2) is 0 Å². The van der Waals surface area contributed by atoms with E-state index in [1.54, 1.807) is 0 Å². The van der Waals surface area contributed by atoms with E-state index >= 15 is 0 Å². The fraction of sp³-hybridized carbons (Fsp3) is 0.188. The number of carbonyl (C=O) groups is 1. The molecule has 3 heteroatoms. The number of hydrogen-bond donors (Lipinski definition) is 1. The Kier molecular flexibility index (Phi) is 4.18.